The summed E-state index contributed by atoms with van der Waals surface area (Å²) >= 11 is 0. The molecule has 2 aliphatic rings. The summed E-state index contributed by atoms with van der Waals surface area (Å²) in [6.45, 7) is 1.36. The van der Waals surface area contributed by atoms with Crippen LogP contribution in [0.5, 0.6) is 5.75 Å². The van der Waals surface area contributed by atoms with E-state index in [9.17, 15) is 19.2 Å². The Morgan fingerprint density at radius 1 is 0.761 bits per heavy atom. The third-order valence-corrected chi connectivity index (χ3v) is 8.70. The average Bonchev–Trinajstić information content (AvgIpc) is 3.32. The van der Waals surface area contributed by atoms with E-state index in [2.05, 4.69) is 0 Å². The minimum Gasteiger partial charge on any atom is -0.484 e. The molecule has 0 aromatic heterocycles. The highest BCUT2D eigenvalue weighted by atomic mass is 16.5. The van der Waals surface area contributed by atoms with Crippen molar-refractivity contribution >= 4 is 45.8 Å². The van der Waals surface area contributed by atoms with Crippen LogP contribution in [0.2, 0.25) is 0 Å². The van der Waals surface area contributed by atoms with Crippen LogP contribution >= 0.6 is 0 Å². The molecule has 8 heteroatoms. The number of hydrogen-bond acceptors (Lipinski definition) is 5. The van der Waals surface area contributed by atoms with Gasteiger partial charge < -0.3 is 14.5 Å². The summed E-state index contributed by atoms with van der Waals surface area (Å²) in [5, 5.41) is 2.11. The zero-order valence-electron chi connectivity index (χ0n) is 25.2. The Bertz CT molecular complexity index is 1960. The van der Waals surface area contributed by atoms with Crippen molar-refractivity contribution in [1.82, 2.24) is 4.90 Å². The highest BCUT2D eigenvalue weighted by Crippen LogP contribution is 2.42. The lowest BCUT2D eigenvalue weighted by atomic mass is 9.89. The third-order valence-electron chi connectivity index (χ3n) is 8.70. The molecule has 5 aromatic carbocycles. The number of ether oxygens (including phenoxy) is 1. The Kier molecular flexibility index (Phi) is 7.54. The Labute approximate surface area is 266 Å². The van der Waals surface area contributed by atoms with Gasteiger partial charge in [0.1, 0.15) is 12.3 Å². The van der Waals surface area contributed by atoms with Crippen molar-refractivity contribution in [2.75, 3.05) is 23.0 Å². The van der Waals surface area contributed by atoms with Crippen molar-refractivity contribution in [3.05, 3.63) is 138 Å². The van der Waals surface area contributed by atoms with Gasteiger partial charge in [0.2, 0.25) is 5.91 Å². The number of benzene rings is 5. The molecule has 5 aromatic rings. The predicted octanol–water partition coefficient (Wildman–Crippen LogP) is 6.41. The lowest BCUT2D eigenvalue weighted by Gasteiger charge is -2.43. The molecular weight excluding hydrogens is 578 g/mol. The van der Waals surface area contributed by atoms with Crippen molar-refractivity contribution in [2.24, 2.45) is 0 Å². The lowest BCUT2D eigenvalue weighted by molar-refractivity contribution is -0.121. The summed E-state index contributed by atoms with van der Waals surface area (Å²) in [7, 11) is 0. The third kappa shape index (κ3) is 5.17. The molecule has 0 spiro atoms. The zero-order chi connectivity index (χ0) is 31.8. The molecule has 2 aliphatic heterocycles. The number of rotatable bonds is 7. The number of para-hydroxylation sites is 2. The number of amides is 4. The molecule has 0 aliphatic carbocycles. The molecule has 0 N–H and O–H groups in total. The van der Waals surface area contributed by atoms with Gasteiger partial charge in [-0.05, 0) is 72.1 Å². The Morgan fingerprint density at radius 2 is 1.39 bits per heavy atom. The zero-order valence-corrected chi connectivity index (χ0v) is 25.2. The summed E-state index contributed by atoms with van der Waals surface area (Å²) in [6, 6.07) is 36.5. The van der Waals surface area contributed by atoms with Crippen molar-refractivity contribution < 1.29 is 23.9 Å². The monoisotopic (exact) mass is 609 g/mol. The molecule has 0 saturated heterocycles. The molecule has 228 valence electrons. The first kappa shape index (κ1) is 29.0. The molecule has 8 nitrogen and oxygen atoms in total. The maximum absolute atomic E-state index is 14.1. The number of nitrogens with zero attached hydrogens (tertiary/aromatic N) is 3. The molecule has 0 fully saturated rings. The van der Waals surface area contributed by atoms with E-state index < -0.39 is 17.9 Å². The van der Waals surface area contributed by atoms with Gasteiger partial charge in [-0.3, -0.25) is 24.1 Å². The van der Waals surface area contributed by atoms with E-state index in [1.54, 1.807) is 34.1 Å². The van der Waals surface area contributed by atoms with Gasteiger partial charge >= 0.3 is 0 Å². The normalized spacial score (nSPS) is 17.1. The Balaban J connectivity index is 1.17. The van der Waals surface area contributed by atoms with Gasteiger partial charge in [0.25, 0.3) is 17.7 Å². The summed E-state index contributed by atoms with van der Waals surface area (Å²) in [5.74, 6) is -0.946. The van der Waals surface area contributed by atoms with Crippen LogP contribution in [0.1, 0.15) is 45.7 Å². The van der Waals surface area contributed by atoms with Crippen LogP contribution in [0.15, 0.2) is 121 Å². The van der Waals surface area contributed by atoms with Crippen LogP contribution in [0.4, 0.5) is 11.4 Å². The fourth-order valence-electron chi connectivity index (χ4n) is 6.56. The molecular formula is C38H31N3O5. The van der Waals surface area contributed by atoms with Crippen LogP contribution in [0.25, 0.3) is 10.8 Å². The molecule has 7 rings (SSSR count). The van der Waals surface area contributed by atoms with E-state index in [-0.39, 0.29) is 31.0 Å². The van der Waals surface area contributed by atoms with E-state index in [1.807, 2.05) is 104 Å². The lowest BCUT2D eigenvalue weighted by Crippen LogP contribution is -2.51. The molecule has 2 heterocycles. The standard InChI is InChI=1S/C38H31N3O5/c1-25-21-34(41(28-13-3-2-4-14-28)36(43)24-46-29-20-19-26-11-5-6-12-27(26)22-29)32-17-9-10-18-33(32)40(25)35(42)23-39-37(44)30-15-7-8-16-31(30)38(39)45/h2-20,22,25,34H,21,23-24H2,1H3/t25-,34-/m1/s1. The summed E-state index contributed by atoms with van der Waals surface area (Å²) in [4.78, 5) is 58.4. The van der Waals surface area contributed by atoms with Gasteiger partial charge in [0, 0.05) is 17.4 Å². The minimum absolute atomic E-state index is 0.178. The number of anilines is 2. The predicted molar refractivity (Wildman–Crippen MR) is 176 cm³/mol. The van der Waals surface area contributed by atoms with Gasteiger partial charge in [0.05, 0.1) is 17.2 Å². The van der Waals surface area contributed by atoms with Crippen molar-refractivity contribution in [1.29, 1.82) is 0 Å². The molecule has 2 atom stereocenters. The van der Waals surface area contributed by atoms with Gasteiger partial charge in [-0.2, -0.15) is 0 Å². The van der Waals surface area contributed by atoms with Gasteiger partial charge in [-0.15, -0.1) is 0 Å². The van der Waals surface area contributed by atoms with Crippen molar-refractivity contribution in [3.63, 3.8) is 0 Å². The van der Waals surface area contributed by atoms with Crippen LogP contribution < -0.4 is 14.5 Å². The van der Waals surface area contributed by atoms with Crippen molar-refractivity contribution in [2.45, 2.75) is 25.4 Å². The Morgan fingerprint density at radius 3 is 2.13 bits per heavy atom. The number of carbonyl (C=O) groups is 4. The van der Waals surface area contributed by atoms with Crippen LogP contribution in [0, 0.1) is 0 Å². The summed E-state index contributed by atoms with van der Waals surface area (Å²) < 4.78 is 6.04. The number of carbonyl (C=O) groups excluding carboxylic acids is 4. The van der Waals surface area contributed by atoms with Crippen LogP contribution in [-0.4, -0.2) is 47.7 Å². The van der Waals surface area contributed by atoms with E-state index in [0.717, 1.165) is 21.2 Å². The first-order valence-electron chi connectivity index (χ1n) is 15.3. The van der Waals surface area contributed by atoms with E-state index in [0.29, 0.717) is 34.7 Å². The summed E-state index contributed by atoms with van der Waals surface area (Å²) in [6.07, 6.45) is 0.432. The second kappa shape index (κ2) is 12.0. The van der Waals surface area contributed by atoms with Gasteiger partial charge in [-0.25, -0.2) is 0 Å². The minimum atomic E-state index is -0.475. The molecule has 0 bridgehead atoms. The van der Waals surface area contributed by atoms with E-state index in [4.69, 9.17) is 4.74 Å². The fourth-order valence-corrected chi connectivity index (χ4v) is 6.56. The highest BCUT2D eigenvalue weighted by molar-refractivity contribution is 6.22. The SMILES string of the molecule is C[C@@H]1C[C@@H](N(C(=O)COc2ccc3ccccc3c2)c2ccccc2)c2ccccc2N1C(=O)CN1C(=O)c2ccccc2C1=O. The summed E-state index contributed by atoms with van der Waals surface area (Å²) in [5.41, 5.74) is 2.74. The average molecular weight is 610 g/mol. The molecule has 46 heavy (non-hydrogen) atoms. The van der Waals surface area contributed by atoms with Gasteiger partial charge in [0.15, 0.2) is 6.61 Å². The molecule has 0 radical (unpaired) electrons. The maximum atomic E-state index is 14.1. The van der Waals surface area contributed by atoms with E-state index >= 15 is 0 Å². The molecule has 0 unspecified atom stereocenters. The van der Waals surface area contributed by atoms with Gasteiger partial charge in [-0.1, -0.05) is 78.9 Å². The first-order valence-corrected chi connectivity index (χ1v) is 15.3. The molecule has 0 saturated carbocycles. The second-order valence-electron chi connectivity index (χ2n) is 11.6. The first-order chi connectivity index (χ1) is 22.4. The van der Waals surface area contributed by atoms with Crippen molar-refractivity contribution in [3.8, 4) is 5.75 Å². The maximum Gasteiger partial charge on any atom is 0.265 e. The Hall–Kier alpha value is -5.76. The molecule has 4 amide bonds. The fraction of sp³-hybridized carbons (Fsp3) is 0.158. The quantitative estimate of drug-likeness (QED) is 0.199. The highest BCUT2D eigenvalue weighted by Gasteiger charge is 2.42. The van der Waals surface area contributed by atoms with Crippen LogP contribution in [-0.2, 0) is 9.59 Å². The van der Waals surface area contributed by atoms with Crippen LogP contribution in [0.3, 0.4) is 0 Å². The number of hydrogen-bond donors (Lipinski definition) is 0. The largest absolute Gasteiger partial charge is 0.484 e. The second-order valence-corrected chi connectivity index (χ2v) is 11.6. The number of imide groups is 1. The topological polar surface area (TPSA) is 87.2 Å². The van der Waals surface area contributed by atoms with E-state index in [1.165, 1.54) is 0 Å². The smallest absolute Gasteiger partial charge is 0.265 e. The number of fused-ring (bicyclic) bond motifs is 3.